The predicted octanol–water partition coefficient (Wildman–Crippen LogP) is 5.15. The molecule has 1 saturated heterocycles. The molecule has 0 unspecified atom stereocenters. The number of carbonyl (C=O) groups is 1. The quantitative estimate of drug-likeness (QED) is 0.232. The zero-order valence-corrected chi connectivity index (χ0v) is 19.1. The summed E-state index contributed by atoms with van der Waals surface area (Å²) in [6, 6.07) is 16.5. The van der Waals surface area contributed by atoms with Crippen molar-refractivity contribution in [2.75, 3.05) is 37.9 Å². The number of fused-ring (bicyclic) bond motifs is 1. The van der Waals surface area contributed by atoms with E-state index in [1.807, 2.05) is 35.3 Å². The van der Waals surface area contributed by atoms with Crippen LogP contribution in [0.3, 0.4) is 0 Å². The first-order chi connectivity index (χ1) is 16.3. The Balaban J connectivity index is 1.07. The highest BCUT2D eigenvalue weighted by molar-refractivity contribution is 5.88. The normalized spacial score (nSPS) is 15.9. The molecule has 4 rings (SSSR count). The lowest BCUT2D eigenvalue weighted by Gasteiger charge is -2.35. The number of piperazine rings is 1. The van der Waals surface area contributed by atoms with Crippen molar-refractivity contribution in [1.29, 1.82) is 0 Å². The van der Waals surface area contributed by atoms with Gasteiger partial charge >= 0.3 is 0 Å². The van der Waals surface area contributed by atoms with E-state index < -0.39 is 0 Å². The first-order valence-corrected chi connectivity index (χ1v) is 11.8. The van der Waals surface area contributed by atoms with Gasteiger partial charge in [0.2, 0.25) is 12.7 Å². The van der Waals surface area contributed by atoms with Crippen LogP contribution < -0.4 is 14.4 Å². The molecule has 0 aromatic heterocycles. The van der Waals surface area contributed by atoms with Crippen molar-refractivity contribution in [2.45, 2.75) is 25.7 Å². The molecular formula is C28H32N2O3. The van der Waals surface area contributed by atoms with E-state index in [9.17, 15) is 4.79 Å². The molecule has 5 nitrogen and oxygen atoms in total. The van der Waals surface area contributed by atoms with Crippen molar-refractivity contribution < 1.29 is 14.3 Å². The maximum Gasteiger partial charge on any atom is 0.246 e. The Kier molecular flexibility index (Phi) is 8.23. The maximum absolute atomic E-state index is 12.4. The number of benzene rings is 2. The molecule has 2 aliphatic heterocycles. The average molecular weight is 445 g/mol. The van der Waals surface area contributed by atoms with Crippen LogP contribution in [0.4, 0.5) is 5.69 Å². The number of ether oxygens (including phenoxy) is 2. The highest BCUT2D eigenvalue weighted by Gasteiger charge is 2.19. The molecule has 33 heavy (non-hydrogen) atoms. The molecule has 2 aromatic rings. The Hall–Kier alpha value is -3.47. The minimum Gasteiger partial charge on any atom is -0.454 e. The van der Waals surface area contributed by atoms with Gasteiger partial charge in [0, 0.05) is 37.9 Å². The highest BCUT2D eigenvalue weighted by atomic mass is 16.7. The molecule has 5 heteroatoms. The number of allylic oxidation sites excluding steroid dienone is 5. The lowest BCUT2D eigenvalue weighted by molar-refractivity contribution is -0.126. The van der Waals surface area contributed by atoms with Gasteiger partial charge in [0.25, 0.3) is 0 Å². The second-order valence-corrected chi connectivity index (χ2v) is 8.23. The Morgan fingerprint density at radius 3 is 2.48 bits per heavy atom. The molecule has 0 aliphatic carbocycles. The van der Waals surface area contributed by atoms with Gasteiger partial charge in [0.05, 0.1) is 0 Å². The minimum absolute atomic E-state index is 0.0961. The minimum atomic E-state index is 0.0961. The first kappa shape index (κ1) is 22.7. The summed E-state index contributed by atoms with van der Waals surface area (Å²) in [6.45, 7) is 3.60. The van der Waals surface area contributed by atoms with Gasteiger partial charge < -0.3 is 19.3 Å². The number of nitrogens with zero attached hydrogens (tertiary/aromatic N) is 2. The summed E-state index contributed by atoms with van der Waals surface area (Å²) in [4.78, 5) is 16.6. The summed E-state index contributed by atoms with van der Waals surface area (Å²) >= 11 is 0. The van der Waals surface area contributed by atoms with Gasteiger partial charge in [-0.3, -0.25) is 4.79 Å². The molecule has 0 bridgehead atoms. The molecule has 0 saturated carbocycles. The summed E-state index contributed by atoms with van der Waals surface area (Å²) in [5.74, 6) is 1.77. The first-order valence-electron chi connectivity index (χ1n) is 11.8. The molecule has 2 aliphatic rings. The average Bonchev–Trinajstić information content (AvgIpc) is 3.34. The van der Waals surface area contributed by atoms with Crippen LogP contribution in [0.2, 0.25) is 0 Å². The second-order valence-electron chi connectivity index (χ2n) is 8.23. The third kappa shape index (κ3) is 6.75. The number of hydrogen-bond donors (Lipinski definition) is 0. The monoisotopic (exact) mass is 444 g/mol. The molecule has 2 heterocycles. The van der Waals surface area contributed by atoms with Gasteiger partial charge in [-0.05, 0) is 55.5 Å². The maximum atomic E-state index is 12.4. The molecule has 0 N–H and O–H groups in total. The van der Waals surface area contributed by atoms with Crippen LogP contribution in [-0.4, -0.2) is 43.8 Å². The van der Waals surface area contributed by atoms with Crippen LogP contribution in [0, 0.1) is 0 Å². The third-order valence-electron chi connectivity index (χ3n) is 5.90. The van der Waals surface area contributed by atoms with Gasteiger partial charge in [-0.25, -0.2) is 0 Å². The molecule has 172 valence electrons. The number of carbonyl (C=O) groups excluding carboxylic acids is 1. The van der Waals surface area contributed by atoms with Crippen LogP contribution in [0.25, 0.3) is 0 Å². The zero-order valence-electron chi connectivity index (χ0n) is 19.1. The summed E-state index contributed by atoms with van der Waals surface area (Å²) in [5, 5.41) is 0. The number of unbranched alkanes of at least 4 members (excludes halogenated alkanes) is 2. The van der Waals surface area contributed by atoms with E-state index in [0.717, 1.165) is 63.4 Å². The summed E-state index contributed by atoms with van der Waals surface area (Å²) in [7, 11) is 0. The predicted molar refractivity (Wildman–Crippen MR) is 133 cm³/mol. The van der Waals surface area contributed by atoms with Crippen LogP contribution in [0.15, 0.2) is 85.0 Å². The van der Waals surface area contributed by atoms with Crippen LogP contribution >= 0.6 is 0 Å². The fraction of sp³-hybridized carbons (Fsp3) is 0.321. The summed E-state index contributed by atoms with van der Waals surface area (Å²) in [5.41, 5.74) is 2.46. The number of rotatable bonds is 9. The van der Waals surface area contributed by atoms with Crippen molar-refractivity contribution in [3.8, 4) is 11.5 Å². The lowest BCUT2D eigenvalue weighted by atomic mass is 10.1. The van der Waals surface area contributed by atoms with E-state index in [0.29, 0.717) is 6.79 Å². The highest BCUT2D eigenvalue weighted by Crippen LogP contribution is 2.32. The molecule has 2 aromatic carbocycles. The zero-order chi connectivity index (χ0) is 22.7. The van der Waals surface area contributed by atoms with E-state index in [1.165, 1.54) is 11.3 Å². The fourth-order valence-electron chi connectivity index (χ4n) is 4.00. The van der Waals surface area contributed by atoms with Crippen molar-refractivity contribution in [3.05, 3.63) is 90.6 Å². The largest absolute Gasteiger partial charge is 0.454 e. The Bertz CT molecular complexity index is 989. The van der Waals surface area contributed by atoms with Crippen LogP contribution in [0.5, 0.6) is 11.5 Å². The SMILES string of the molecule is O=C(/C=C/C=C/CCC/C=C/Cc1ccc2c(c1)OCO2)N1CCN(c2ccccc2)CC1. The Morgan fingerprint density at radius 2 is 1.64 bits per heavy atom. The molecule has 1 fully saturated rings. The fourth-order valence-corrected chi connectivity index (χ4v) is 4.00. The third-order valence-corrected chi connectivity index (χ3v) is 5.90. The molecular weight excluding hydrogens is 412 g/mol. The molecule has 0 spiro atoms. The van der Waals surface area contributed by atoms with Crippen molar-refractivity contribution in [1.82, 2.24) is 4.90 Å². The number of para-hydroxylation sites is 1. The van der Waals surface area contributed by atoms with Gasteiger partial charge in [-0.15, -0.1) is 0 Å². The van der Waals surface area contributed by atoms with Gasteiger partial charge in [0.1, 0.15) is 0 Å². The molecule has 1 amide bonds. The number of anilines is 1. The smallest absolute Gasteiger partial charge is 0.246 e. The van der Waals surface area contributed by atoms with Crippen molar-refractivity contribution in [3.63, 3.8) is 0 Å². The number of hydrogen-bond acceptors (Lipinski definition) is 4. The van der Waals surface area contributed by atoms with E-state index in [4.69, 9.17) is 9.47 Å². The van der Waals surface area contributed by atoms with Crippen molar-refractivity contribution >= 4 is 11.6 Å². The van der Waals surface area contributed by atoms with Gasteiger partial charge in [0.15, 0.2) is 11.5 Å². The van der Waals surface area contributed by atoms with Gasteiger partial charge in [-0.2, -0.15) is 0 Å². The summed E-state index contributed by atoms with van der Waals surface area (Å²) in [6.07, 6.45) is 16.1. The van der Waals surface area contributed by atoms with E-state index in [1.54, 1.807) is 6.08 Å². The second kappa shape index (κ2) is 12.0. The topological polar surface area (TPSA) is 42.0 Å². The van der Waals surface area contributed by atoms with Crippen molar-refractivity contribution in [2.24, 2.45) is 0 Å². The molecule has 0 radical (unpaired) electrons. The lowest BCUT2D eigenvalue weighted by Crippen LogP contribution is -2.48. The van der Waals surface area contributed by atoms with E-state index in [-0.39, 0.29) is 5.91 Å². The van der Waals surface area contributed by atoms with Crippen LogP contribution in [-0.2, 0) is 11.2 Å². The standard InChI is InChI=1S/C28H32N2O3/c31-28(30-20-18-29(19-21-30)25-13-9-7-10-14-25)15-11-6-4-2-1-3-5-8-12-24-16-17-26-27(22-24)33-23-32-26/h4-11,13-17,22H,1-3,12,18-21,23H2/b6-4+,8-5+,15-11+. The van der Waals surface area contributed by atoms with Gasteiger partial charge in [-0.1, -0.05) is 54.6 Å². The van der Waals surface area contributed by atoms with E-state index in [2.05, 4.69) is 53.5 Å². The number of amides is 1. The Morgan fingerprint density at radius 1 is 0.848 bits per heavy atom. The van der Waals surface area contributed by atoms with E-state index >= 15 is 0 Å². The summed E-state index contributed by atoms with van der Waals surface area (Å²) < 4.78 is 10.8. The van der Waals surface area contributed by atoms with Crippen LogP contribution in [0.1, 0.15) is 24.8 Å². The molecule has 0 atom stereocenters. The Labute approximate surface area is 196 Å².